The van der Waals surface area contributed by atoms with E-state index in [0.29, 0.717) is 11.1 Å². The van der Waals surface area contributed by atoms with Gasteiger partial charge in [0.1, 0.15) is 0 Å². The third-order valence-corrected chi connectivity index (χ3v) is 9.63. The molecule has 46 heavy (non-hydrogen) atoms. The molecule has 4 nitrogen and oxygen atoms in total. The van der Waals surface area contributed by atoms with E-state index in [-0.39, 0.29) is 0 Å². The third kappa shape index (κ3) is 3.93. The molecule has 6 aromatic carbocycles. The van der Waals surface area contributed by atoms with Crippen molar-refractivity contribution >= 4 is 11.9 Å². The van der Waals surface area contributed by atoms with Crippen LogP contribution < -0.4 is 0 Å². The number of hydrogen-bond donors (Lipinski definition) is 0. The van der Waals surface area contributed by atoms with Crippen LogP contribution in [0.5, 0.6) is 0 Å². The Balaban J connectivity index is 1.49. The summed E-state index contributed by atoms with van der Waals surface area (Å²) in [6.07, 6.45) is -1.86. The number of esters is 2. The van der Waals surface area contributed by atoms with Gasteiger partial charge in [-0.05, 0) is 57.6 Å². The summed E-state index contributed by atoms with van der Waals surface area (Å²) in [6.45, 7) is 0. The van der Waals surface area contributed by atoms with Gasteiger partial charge in [0.05, 0.1) is 22.0 Å². The van der Waals surface area contributed by atoms with Gasteiger partial charge in [-0.1, -0.05) is 146 Å². The van der Waals surface area contributed by atoms with Gasteiger partial charge in [-0.3, -0.25) is 0 Å². The molecule has 0 spiro atoms. The average Bonchev–Trinajstić information content (AvgIpc) is 3.14. The van der Waals surface area contributed by atoms with Crippen LogP contribution >= 0.6 is 0 Å². The lowest BCUT2D eigenvalue weighted by Crippen LogP contribution is -2.68. The summed E-state index contributed by atoms with van der Waals surface area (Å²) in [5, 5.41) is 0. The molecule has 2 unspecified atom stereocenters. The van der Waals surface area contributed by atoms with E-state index in [9.17, 15) is 9.59 Å². The van der Waals surface area contributed by atoms with E-state index in [4.69, 9.17) is 9.47 Å². The maximum Gasteiger partial charge on any atom is 0.338 e. The number of hydrogen-bond acceptors (Lipinski definition) is 4. The molecule has 222 valence electrons. The molecule has 0 fully saturated rings. The van der Waals surface area contributed by atoms with Crippen LogP contribution in [-0.4, -0.2) is 24.1 Å². The zero-order valence-electron chi connectivity index (χ0n) is 25.0. The van der Waals surface area contributed by atoms with Crippen molar-refractivity contribution in [2.45, 2.75) is 23.0 Å². The smallest absolute Gasteiger partial charge is 0.338 e. The van der Waals surface area contributed by atoms with Crippen LogP contribution in [0.2, 0.25) is 0 Å². The second-order valence-electron chi connectivity index (χ2n) is 11.8. The molecule has 6 aromatic rings. The molecule has 0 heterocycles. The van der Waals surface area contributed by atoms with Crippen molar-refractivity contribution in [2.24, 2.45) is 0 Å². The number of fused-ring (bicyclic) bond motifs is 1. The molecule has 0 saturated heterocycles. The molecule has 3 aliphatic carbocycles. The molecule has 0 aromatic heterocycles. The second-order valence-corrected chi connectivity index (χ2v) is 11.8. The Morgan fingerprint density at radius 1 is 0.370 bits per heavy atom. The van der Waals surface area contributed by atoms with Crippen LogP contribution in [0.25, 0.3) is 0 Å². The van der Waals surface area contributed by atoms with Gasteiger partial charge >= 0.3 is 11.9 Å². The van der Waals surface area contributed by atoms with Gasteiger partial charge in [-0.25, -0.2) is 9.59 Å². The van der Waals surface area contributed by atoms with E-state index < -0.39 is 35.0 Å². The number of ether oxygens (including phenoxy) is 2. The molecule has 0 radical (unpaired) electrons. The van der Waals surface area contributed by atoms with Crippen molar-refractivity contribution in [1.29, 1.82) is 0 Å². The lowest BCUT2D eigenvalue weighted by atomic mass is 9.43. The van der Waals surface area contributed by atoms with Gasteiger partial charge in [-0.15, -0.1) is 0 Å². The lowest BCUT2D eigenvalue weighted by Gasteiger charge is -2.61. The minimum Gasteiger partial charge on any atom is -0.453 e. The molecule has 2 atom stereocenters. The highest BCUT2D eigenvalue weighted by molar-refractivity contribution is 5.91. The van der Waals surface area contributed by atoms with E-state index in [0.717, 1.165) is 33.4 Å². The first-order valence-electron chi connectivity index (χ1n) is 15.5. The zero-order valence-corrected chi connectivity index (χ0v) is 25.0. The fourth-order valence-electron chi connectivity index (χ4n) is 7.87. The van der Waals surface area contributed by atoms with Crippen molar-refractivity contribution in [3.8, 4) is 0 Å². The first kappa shape index (κ1) is 27.8. The van der Waals surface area contributed by atoms with Crippen LogP contribution in [0.15, 0.2) is 170 Å². The first-order chi connectivity index (χ1) is 22.7. The summed E-state index contributed by atoms with van der Waals surface area (Å²) in [5.74, 6) is -0.959. The van der Waals surface area contributed by atoms with E-state index in [1.807, 2.05) is 97.1 Å². The summed E-state index contributed by atoms with van der Waals surface area (Å²) < 4.78 is 13.5. The Morgan fingerprint density at radius 3 is 0.935 bits per heavy atom. The van der Waals surface area contributed by atoms with E-state index in [2.05, 4.69) is 48.5 Å². The van der Waals surface area contributed by atoms with Gasteiger partial charge in [0.25, 0.3) is 0 Å². The maximum atomic E-state index is 14.2. The summed E-state index contributed by atoms with van der Waals surface area (Å²) in [6, 6.07) is 55.0. The maximum absolute atomic E-state index is 14.2. The van der Waals surface area contributed by atoms with Crippen molar-refractivity contribution in [3.63, 3.8) is 0 Å². The topological polar surface area (TPSA) is 52.6 Å². The Hall–Kier alpha value is -5.74. The minimum atomic E-state index is -0.989. The van der Waals surface area contributed by atoms with Gasteiger partial charge in [-0.2, -0.15) is 0 Å². The highest BCUT2D eigenvalue weighted by Crippen LogP contribution is 2.65. The van der Waals surface area contributed by atoms with Crippen molar-refractivity contribution in [1.82, 2.24) is 0 Å². The number of carbonyl (C=O) groups excluding carboxylic acids is 2. The fraction of sp³-hybridized carbons (Fsp3) is 0.0952. The van der Waals surface area contributed by atoms with Gasteiger partial charge in [0, 0.05) is 0 Å². The van der Waals surface area contributed by atoms with Crippen molar-refractivity contribution < 1.29 is 19.1 Å². The van der Waals surface area contributed by atoms with Gasteiger partial charge < -0.3 is 9.47 Å². The Bertz CT molecular complexity index is 1840. The molecule has 0 saturated carbocycles. The van der Waals surface area contributed by atoms with Crippen LogP contribution in [0.1, 0.15) is 54.1 Å². The molecule has 3 aliphatic rings. The van der Waals surface area contributed by atoms with Crippen LogP contribution in [0.4, 0.5) is 0 Å². The second kappa shape index (κ2) is 11.0. The Morgan fingerprint density at radius 2 is 0.630 bits per heavy atom. The lowest BCUT2D eigenvalue weighted by molar-refractivity contribution is -0.0829. The molecular weight excluding hydrogens is 568 g/mol. The normalized spacial score (nSPS) is 22.3. The quantitative estimate of drug-likeness (QED) is 0.182. The Labute approximate surface area is 267 Å². The average molecular weight is 599 g/mol. The van der Waals surface area contributed by atoms with E-state index in [1.165, 1.54) is 0 Å². The highest BCUT2D eigenvalue weighted by Gasteiger charge is 2.70. The molecule has 0 amide bonds. The van der Waals surface area contributed by atoms with E-state index in [1.54, 1.807) is 24.3 Å². The molecule has 9 rings (SSSR count). The predicted molar refractivity (Wildman–Crippen MR) is 177 cm³/mol. The molecule has 0 aliphatic heterocycles. The van der Waals surface area contributed by atoms with E-state index >= 15 is 0 Å². The fourth-order valence-corrected chi connectivity index (χ4v) is 7.87. The molecule has 2 bridgehead atoms. The van der Waals surface area contributed by atoms with Crippen molar-refractivity contribution in [3.05, 3.63) is 214 Å². The standard InChI is InChI=1S/C42H30O4/c43-39(29-17-5-1-6-18-29)45-37-38(46-40(44)30-19-7-2-8-20-30)42(32-23-11-4-12-24-32)35-27-15-13-25-33(35)41(37,31-21-9-3-10-22-31)34-26-14-16-28-36(34)42/h1-28,37-38H/t37?,38?,41-,42+. The number of benzene rings is 6. The summed E-state index contributed by atoms with van der Waals surface area (Å²) in [5.41, 5.74) is 4.83. The third-order valence-electron chi connectivity index (χ3n) is 9.63. The van der Waals surface area contributed by atoms with Crippen LogP contribution in [-0.2, 0) is 20.3 Å². The molecular formula is C42H30O4. The largest absolute Gasteiger partial charge is 0.453 e. The Kier molecular flexibility index (Phi) is 6.65. The predicted octanol–water partition coefficient (Wildman–Crippen LogP) is 8.13. The summed E-state index contributed by atoms with van der Waals surface area (Å²) >= 11 is 0. The molecule has 4 heteroatoms. The first-order valence-corrected chi connectivity index (χ1v) is 15.5. The van der Waals surface area contributed by atoms with Gasteiger partial charge in [0.15, 0.2) is 12.2 Å². The monoisotopic (exact) mass is 598 g/mol. The summed E-state index contributed by atoms with van der Waals surface area (Å²) in [7, 11) is 0. The highest BCUT2D eigenvalue weighted by atomic mass is 16.6. The zero-order chi connectivity index (χ0) is 31.1. The van der Waals surface area contributed by atoms with Crippen LogP contribution in [0.3, 0.4) is 0 Å². The molecule has 0 N–H and O–H groups in total. The van der Waals surface area contributed by atoms with Crippen molar-refractivity contribution in [2.75, 3.05) is 0 Å². The van der Waals surface area contributed by atoms with Crippen LogP contribution in [0, 0.1) is 0 Å². The SMILES string of the molecule is O=C(OC1C(OC(=O)c2ccccc2)[C@]2(c3ccccc3)c3ccccc3[C@@]1(c1ccccc1)c1ccccc12)c1ccccc1. The number of carbonyl (C=O) groups is 2. The number of rotatable bonds is 6. The van der Waals surface area contributed by atoms with Gasteiger partial charge in [0.2, 0.25) is 0 Å². The minimum absolute atomic E-state index is 0.427. The summed E-state index contributed by atoms with van der Waals surface area (Å²) in [4.78, 5) is 28.3.